The third-order valence-corrected chi connectivity index (χ3v) is 7.16. The second-order valence-electron chi connectivity index (χ2n) is 6.41. The number of anilines is 1. The SMILES string of the molecule is O=C(CN(Cc1cccc(Cl)c1)S(=O)(=O)c1ccc(Cl)cc1)Nc1ccc(I)cc1. The van der Waals surface area contributed by atoms with Crippen molar-refractivity contribution in [2.45, 2.75) is 11.4 Å². The number of carbonyl (C=O) groups is 1. The summed E-state index contributed by atoms with van der Waals surface area (Å²) in [6.45, 7) is -0.366. The van der Waals surface area contributed by atoms with Crippen molar-refractivity contribution in [3.8, 4) is 0 Å². The fraction of sp³-hybridized carbons (Fsp3) is 0.0952. The number of hydrogen-bond donors (Lipinski definition) is 1. The van der Waals surface area contributed by atoms with Crippen molar-refractivity contribution < 1.29 is 13.2 Å². The van der Waals surface area contributed by atoms with Crippen LogP contribution in [0.2, 0.25) is 10.0 Å². The maximum absolute atomic E-state index is 13.2. The molecule has 0 aliphatic carbocycles. The summed E-state index contributed by atoms with van der Waals surface area (Å²) >= 11 is 14.1. The van der Waals surface area contributed by atoms with E-state index in [1.165, 1.54) is 24.3 Å². The summed E-state index contributed by atoms with van der Waals surface area (Å²) in [5, 5.41) is 3.64. The normalized spacial score (nSPS) is 11.5. The zero-order valence-electron chi connectivity index (χ0n) is 15.6. The van der Waals surface area contributed by atoms with Crippen molar-refractivity contribution in [3.63, 3.8) is 0 Å². The van der Waals surface area contributed by atoms with Gasteiger partial charge in [0.15, 0.2) is 0 Å². The summed E-state index contributed by atoms with van der Waals surface area (Å²) in [6.07, 6.45) is 0. The molecule has 0 atom stereocenters. The predicted octanol–water partition coefficient (Wildman–Crippen LogP) is 5.43. The summed E-state index contributed by atoms with van der Waals surface area (Å²) in [5.41, 5.74) is 1.26. The van der Waals surface area contributed by atoms with E-state index in [9.17, 15) is 13.2 Å². The molecule has 0 unspecified atom stereocenters. The third kappa shape index (κ3) is 6.18. The van der Waals surface area contributed by atoms with Crippen LogP contribution in [0, 0.1) is 3.57 Å². The van der Waals surface area contributed by atoms with Gasteiger partial charge in [-0.15, -0.1) is 0 Å². The highest BCUT2D eigenvalue weighted by Gasteiger charge is 2.27. The summed E-state index contributed by atoms with van der Waals surface area (Å²) in [4.78, 5) is 12.7. The fourth-order valence-corrected chi connectivity index (χ4v) is 4.80. The number of carbonyl (C=O) groups excluding carboxylic acids is 1. The second kappa shape index (κ2) is 10.1. The van der Waals surface area contributed by atoms with Crippen molar-refractivity contribution in [2.24, 2.45) is 0 Å². The summed E-state index contributed by atoms with van der Waals surface area (Å²) in [7, 11) is -3.95. The number of sulfonamides is 1. The van der Waals surface area contributed by atoms with E-state index in [1.54, 1.807) is 36.4 Å². The Balaban J connectivity index is 1.87. The Morgan fingerprint density at radius 2 is 1.60 bits per heavy atom. The van der Waals surface area contributed by atoms with Crippen molar-refractivity contribution in [1.29, 1.82) is 0 Å². The molecule has 0 bridgehead atoms. The Morgan fingerprint density at radius 3 is 2.23 bits per heavy atom. The Hall–Kier alpha value is -1.65. The minimum atomic E-state index is -3.95. The summed E-state index contributed by atoms with van der Waals surface area (Å²) < 4.78 is 28.6. The lowest BCUT2D eigenvalue weighted by atomic mass is 10.2. The van der Waals surface area contributed by atoms with Gasteiger partial charge in [-0.05, 0) is 88.8 Å². The molecule has 3 aromatic carbocycles. The lowest BCUT2D eigenvalue weighted by molar-refractivity contribution is -0.116. The molecule has 0 fully saturated rings. The number of benzene rings is 3. The van der Waals surface area contributed by atoms with Crippen LogP contribution in [0.1, 0.15) is 5.56 Å². The van der Waals surface area contributed by atoms with Gasteiger partial charge in [0.1, 0.15) is 0 Å². The van der Waals surface area contributed by atoms with Gasteiger partial charge in [0, 0.05) is 25.8 Å². The highest BCUT2D eigenvalue weighted by molar-refractivity contribution is 14.1. The molecule has 1 N–H and O–H groups in total. The minimum Gasteiger partial charge on any atom is -0.325 e. The Labute approximate surface area is 199 Å². The molecule has 0 radical (unpaired) electrons. The summed E-state index contributed by atoms with van der Waals surface area (Å²) in [5.74, 6) is -0.448. The molecule has 0 aliphatic rings. The molecule has 0 aromatic heterocycles. The van der Waals surface area contributed by atoms with Crippen molar-refractivity contribution in [1.82, 2.24) is 4.31 Å². The van der Waals surface area contributed by atoms with Crippen molar-refractivity contribution in [2.75, 3.05) is 11.9 Å². The first-order valence-corrected chi connectivity index (χ1v) is 12.1. The Morgan fingerprint density at radius 1 is 0.933 bits per heavy atom. The molecule has 3 rings (SSSR count). The van der Waals surface area contributed by atoms with Crippen LogP contribution in [0.15, 0.2) is 77.7 Å². The lowest BCUT2D eigenvalue weighted by Crippen LogP contribution is -2.37. The van der Waals surface area contributed by atoms with E-state index in [4.69, 9.17) is 23.2 Å². The smallest absolute Gasteiger partial charge is 0.243 e. The molecule has 5 nitrogen and oxygen atoms in total. The van der Waals surface area contributed by atoms with Crippen LogP contribution in [-0.4, -0.2) is 25.2 Å². The predicted molar refractivity (Wildman–Crippen MR) is 128 cm³/mol. The maximum Gasteiger partial charge on any atom is 0.243 e. The van der Waals surface area contributed by atoms with Crippen LogP contribution in [0.5, 0.6) is 0 Å². The number of hydrogen-bond acceptors (Lipinski definition) is 3. The molecular formula is C21H17Cl2IN2O3S. The molecule has 156 valence electrons. The maximum atomic E-state index is 13.2. The molecule has 1 amide bonds. The van der Waals surface area contributed by atoms with Gasteiger partial charge in [0.05, 0.1) is 11.4 Å². The average molecular weight is 575 g/mol. The highest BCUT2D eigenvalue weighted by atomic mass is 127. The first kappa shape index (κ1) is 23.0. The summed E-state index contributed by atoms with van der Waals surface area (Å²) in [6, 6.07) is 19.9. The van der Waals surface area contributed by atoms with Crippen molar-refractivity contribution in [3.05, 3.63) is 92.0 Å². The fourth-order valence-electron chi connectivity index (χ4n) is 2.71. The zero-order chi connectivity index (χ0) is 21.7. The van der Waals surface area contributed by atoms with Crippen LogP contribution in [0.25, 0.3) is 0 Å². The van der Waals surface area contributed by atoms with Crippen molar-refractivity contribution >= 4 is 67.4 Å². The number of nitrogens with zero attached hydrogens (tertiary/aromatic N) is 1. The first-order valence-electron chi connectivity index (χ1n) is 8.79. The number of amides is 1. The van der Waals surface area contributed by atoms with Gasteiger partial charge in [-0.3, -0.25) is 4.79 Å². The highest BCUT2D eigenvalue weighted by Crippen LogP contribution is 2.22. The number of nitrogens with one attached hydrogen (secondary N) is 1. The topological polar surface area (TPSA) is 66.5 Å². The van der Waals surface area contributed by atoms with Crippen LogP contribution < -0.4 is 5.32 Å². The van der Waals surface area contributed by atoms with Gasteiger partial charge < -0.3 is 5.32 Å². The Bertz CT molecular complexity index is 1140. The van der Waals surface area contributed by atoms with Crippen LogP contribution >= 0.6 is 45.8 Å². The van der Waals surface area contributed by atoms with Gasteiger partial charge in [-0.2, -0.15) is 4.31 Å². The molecule has 3 aromatic rings. The van der Waals surface area contributed by atoms with Crippen LogP contribution in [-0.2, 0) is 21.4 Å². The van der Waals surface area contributed by atoms with Gasteiger partial charge in [-0.1, -0.05) is 35.3 Å². The van der Waals surface area contributed by atoms with E-state index in [-0.39, 0.29) is 18.0 Å². The van der Waals surface area contributed by atoms with E-state index < -0.39 is 15.9 Å². The van der Waals surface area contributed by atoms with E-state index in [0.717, 1.165) is 7.88 Å². The van der Waals surface area contributed by atoms with Crippen LogP contribution in [0.3, 0.4) is 0 Å². The molecule has 0 saturated carbocycles. The van der Waals surface area contributed by atoms with E-state index in [0.29, 0.717) is 21.3 Å². The van der Waals surface area contributed by atoms with Crippen LogP contribution in [0.4, 0.5) is 5.69 Å². The first-order chi connectivity index (χ1) is 14.2. The van der Waals surface area contributed by atoms with Gasteiger partial charge in [-0.25, -0.2) is 8.42 Å². The quantitative estimate of drug-likeness (QED) is 0.383. The van der Waals surface area contributed by atoms with E-state index in [1.807, 2.05) is 12.1 Å². The number of halogens is 3. The molecule has 0 saturated heterocycles. The van der Waals surface area contributed by atoms with E-state index >= 15 is 0 Å². The third-order valence-electron chi connectivity index (χ3n) is 4.15. The molecule has 0 aliphatic heterocycles. The number of rotatable bonds is 7. The molecule has 0 heterocycles. The monoisotopic (exact) mass is 574 g/mol. The van der Waals surface area contributed by atoms with Gasteiger partial charge in [0.2, 0.25) is 15.9 Å². The average Bonchev–Trinajstić information content (AvgIpc) is 2.69. The Kier molecular flexibility index (Phi) is 7.75. The van der Waals surface area contributed by atoms with Gasteiger partial charge in [0.25, 0.3) is 0 Å². The molecule has 0 spiro atoms. The molecule has 9 heteroatoms. The second-order valence-corrected chi connectivity index (χ2v) is 10.5. The van der Waals surface area contributed by atoms with E-state index in [2.05, 4.69) is 27.9 Å². The molecule has 30 heavy (non-hydrogen) atoms. The largest absolute Gasteiger partial charge is 0.325 e. The standard InChI is InChI=1S/C21H17Cl2IN2O3S/c22-16-4-10-20(11-5-16)30(28,29)26(13-15-2-1-3-17(23)12-15)14-21(27)25-19-8-6-18(24)7-9-19/h1-12H,13-14H2,(H,25,27). The zero-order valence-corrected chi connectivity index (χ0v) is 20.0. The molecular weight excluding hydrogens is 558 g/mol. The lowest BCUT2D eigenvalue weighted by Gasteiger charge is -2.22. The van der Waals surface area contributed by atoms with Gasteiger partial charge >= 0.3 is 0 Å². The minimum absolute atomic E-state index is 0.00831.